The van der Waals surface area contributed by atoms with Gasteiger partial charge in [0.05, 0.1) is 0 Å². The van der Waals surface area contributed by atoms with Gasteiger partial charge in [0.25, 0.3) is 0 Å². The van der Waals surface area contributed by atoms with E-state index in [2.05, 4.69) is 4.98 Å². The van der Waals surface area contributed by atoms with Gasteiger partial charge in [0.1, 0.15) is 12.1 Å². The Labute approximate surface area is 118 Å². The molecule has 1 fully saturated rings. The van der Waals surface area contributed by atoms with Crippen LogP contribution in [-0.2, 0) is 4.79 Å². The van der Waals surface area contributed by atoms with Gasteiger partial charge in [-0.15, -0.1) is 0 Å². The molecule has 1 aromatic rings. The van der Waals surface area contributed by atoms with Crippen LogP contribution in [0.2, 0.25) is 0 Å². The van der Waals surface area contributed by atoms with Crippen LogP contribution in [0.3, 0.4) is 0 Å². The normalized spacial score (nSPS) is 18.3. The molecule has 1 aromatic heterocycles. The number of thioether (sulfide) groups is 1. The number of carbonyl (C=O) groups is 1. The summed E-state index contributed by atoms with van der Waals surface area (Å²) in [5, 5.41) is 10.1. The van der Waals surface area contributed by atoms with Crippen LogP contribution in [0.4, 0.5) is 0 Å². The fourth-order valence-corrected chi connectivity index (χ4v) is 2.80. The second-order valence-electron chi connectivity index (χ2n) is 4.19. The summed E-state index contributed by atoms with van der Waals surface area (Å²) in [6.45, 7) is 1.42. The minimum atomic E-state index is -0.977. The summed E-state index contributed by atoms with van der Waals surface area (Å²) in [5.74, 6) is 1.69. The zero-order valence-electron chi connectivity index (χ0n) is 10.0. The fourth-order valence-electron chi connectivity index (χ4n) is 1.90. The molecule has 1 saturated heterocycles. The summed E-state index contributed by atoms with van der Waals surface area (Å²) in [7, 11) is 0. The SMILES string of the molecule is C.N[C@@H](C(=O)N1CCSCC1)[C@@H](O)c1ccncc1. The first-order valence-electron chi connectivity index (χ1n) is 5.90. The molecule has 6 heteroatoms. The summed E-state index contributed by atoms with van der Waals surface area (Å²) in [5.41, 5.74) is 6.48. The maximum absolute atomic E-state index is 12.1. The molecule has 0 radical (unpaired) electrons. The summed E-state index contributed by atoms with van der Waals surface area (Å²) < 4.78 is 0. The molecule has 2 rings (SSSR count). The van der Waals surface area contributed by atoms with Crippen molar-refractivity contribution < 1.29 is 9.90 Å². The average molecular weight is 283 g/mol. The highest BCUT2D eigenvalue weighted by Gasteiger charge is 2.29. The minimum Gasteiger partial charge on any atom is -0.386 e. The molecule has 0 aromatic carbocycles. The van der Waals surface area contributed by atoms with Crippen LogP contribution in [-0.4, -0.2) is 51.5 Å². The molecule has 3 N–H and O–H groups in total. The summed E-state index contributed by atoms with van der Waals surface area (Å²) in [6, 6.07) is 2.43. The van der Waals surface area contributed by atoms with Gasteiger partial charge < -0.3 is 15.7 Å². The second kappa shape index (κ2) is 7.47. The largest absolute Gasteiger partial charge is 0.386 e. The van der Waals surface area contributed by atoms with Crippen LogP contribution in [0.25, 0.3) is 0 Å². The van der Waals surface area contributed by atoms with Gasteiger partial charge in [-0.25, -0.2) is 0 Å². The van der Waals surface area contributed by atoms with Gasteiger partial charge in [-0.1, -0.05) is 7.43 Å². The molecule has 106 valence electrons. The number of amides is 1. The molecule has 5 nitrogen and oxygen atoms in total. The van der Waals surface area contributed by atoms with Gasteiger partial charge in [-0.3, -0.25) is 9.78 Å². The number of hydrogen-bond donors (Lipinski definition) is 2. The summed E-state index contributed by atoms with van der Waals surface area (Å²) >= 11 is 1.83. The first-order chi connectivity index (χ1) is 8.70. The lowest BCUT2D eigenvalue weighted by atomic mass is 10.0. The number of pyridine rings is 1. The lowest BCUT2D eigenvalue weighted by Gasteiger charge is -2.30. The van der Waals surface area contributed by atoms with Crippen LogP contribution in [0, 0.1) is 0 Å². The molecule has 1 amide bonds. The smallest absolute Gasteiger partial charge is 0.242 e. The quantitative estimate of drug-likeness (QED) is 0.851. The molecule has 1 aliphatic heterocycles. The molecular formula is C13H21N3O2S. The lowest BCUT2D eigenvalue weighted by molar-refractivity contribution is -0.134. The van der Waals surface area contributed by atoms with Crippen molar-refractivity contribution in [2.75, 3.05) is 24.6 Å². The van der Waals surface area contributed by atoms with E-state index in [9.17, 15) is 9.90 Å². The van der Waals surface area contributed by atoms with Crippen molar-refractivity contribution in [1.29, 1.82) is 0 Å². The van der Waals surface area contributed by atoms with Crippen LogP contribution >= 0.6 is 11.8 Å². The standard InChI is InChI=1S/C12H17N3O2S.CH4/c13-10(11(16)9-1-3-14-4-2-9)12(17)15-5-7-18-8-6-15;/h1-4,10-11,16H,5-8,13H2;1H4/t10-,11+;/m1./s1. The second-order valence-corrected chi connectivity index (χ2v) is 5.41. The Balaban J connectivity index is 0.00000180. The van der Waals surface area contributed by atoms with Crippen molar-refractivity contribution in [3.05, 3.63) is 30.1 Å². The third-order valence-corrected chi connectivity index (χ3v) is 3.94. The molecule has 0 saturated carbocycles. The maximum atomic E-state index is 12.1. The Morgan fingerprint density at radius 3 is 2.53 bits per heavy atom. The number of nitrogens with two attached hydrogens (primary N) is 1. The molecule has 1 aliphatic rings. The van der Waals surface area contributed by atoms with E-state index in [0.717, 1.165) is 11.5 Å². The van der Waals surface area contributed by atoms with Crippen molar-refractivity contribution in [3.8, 4) is 0 Å². The summed E-state index contributed by atoms with van der Waals surface area (Å²) in [6.07, 6.45) is 2.18. The molecule has 2 atom stereocenters. The van der Waals surface area contributed by atoms with Gasteiger partial charge in [0, 0.05) is 37.0 Å². The first kappa shape index (κ1) is 15.9. The lowest BCUT2D eigenvalue weighted by Crippen LogP contribution is -2.49. The number of nitrogens with zero attached hydrogens (tertiary/aromatic N) is 2. The minimum absolute atomic E-state index is 0. The van der Waals surface area contributed by atoms with Crippen molar-refractivity contribution in [1.82, 2.24) is 9.88 Å². The average Bonchev–Trinajstić information content (AvgIpc) is 2.47. The topological polar surface area (TPSA) is 79.5 Å². The van der Waals surface area contributed by atoms with Gasteiger partial charge in [0.15, 0.2) is 0 Å². The highest BCUT2D eigenvalue weighted by atomic mass is 32.2. The van der Waals surface area contributed by atoms with Gasteiger partial charge in [0.2, 0.25) is 5.91 Å². The van der Waals surface area contributed by atoms with E-state index in [-0.39, 0.29) is 13.3 Å². The Kier molecular flexibility index (Phi) is 6.27. The van der Waals surface area contributed by atoms with Crippen LogP contribution in [0.1, 0.15) is 19.1 Å². The van der Waals surface area contributed by atoms with Crippen molar-refractivity contribution in [2.24, 2.45) is 5.73 Å². The van der Waals surface area contributed by atoms with E-state index in [1.165, 1.54) is 0 Å². The number of aliphatic hydroxyl groups excluding tert-OH is 1. The van der Waals surface area contributed by atoms with Crippen LogP contribution in [0.5, 0.6) is 0 Å². The molecule has 19 heavy (non-hydrogen) atoms. The molecule has 0 unspecified atom stereocenters. The van der Waals surface area contributed by atoms with E-state index >= 15 is 0 Å². The molecule has 0 aliphatic carbocycles. The maximum Gasteiger partial charge on any atom is 0.242 e. The van der Waals surface area contributed by atoms with E-state index in [1.807, 2.05) is 11.8 Å². The summed E-state index contributed by atoms with van der Waals surface area (Å²) in [4.78, 5) is 17.7. The number of hydrogen-bond acceptors (Lipinski definition) is 5. The van der Waals surface area contributed by atoms with E-state index in [0.29, 0.717) is 18.7 Å². The number of aromatic nitrogens is 1. The fraction of sp³-hybridized carbons (Fsp3) is 0.538. The van der Waals surface area contributed by atoms with Gasteiger partial charge in [-0.2, -0.15) is 11.8 Å². The highest BCUT2D eigenvalue weighted by molar-refractivity contribution is 7.99. The monoisotopic (exact) mass is 283 g/mol. The first-order valence-corrected chi connectivity index (χ1v) is 7.05. The molecule has 0 spiro atoms. The van der Waals surface area contributed by atoms with Crippen LogP contribution in [0.15, 0.2) is 24.5 Å². The Morgan fingerprint density at radius 1 is 1.37 bits per heavy atom. The predicted molar refractivity (Wildman–Crippen MR) is 77.8 cm³/mol. The zero-order valence-corrected chi connectivity index (χ0v) is 10.8. The van der Waals surface area contributed by atoms with E-state index < -0.39 is 12.1 Å². The van der Waals surface area contributed by atoms with Crippen LogP contribution < -0.4 is 5.73 Å². The molecule has 2 heterocycles. The Morgan fingerprint density at radius 2 is 1.95 bits per heavy atom. The predicted octanol–water partition coefficient (Wildman–Crippen LogP) is 0.654. The zero-order chi connectivity index (χ0) is 13.0. The highest BCUT2D eigenvalue weighted by Crippen LogP contribution is 2.18. The Hall–Kier alpha value is -1.11. The van der Waals surface area contributed by atoms with E-state index in [4.69, 9.17) is 5.73 Å². The Bertz CT molecular complexity index is 396. The van der Waals surface area contributed by atoms with Gasteiger partial charge in [-0.05, 0) is 17.7 Å². The third kappa shape index (κ3) is 3.92. The van der Waals surface area contributed by atoms with E-state index in [1.54, 1.807) is 29.4 Å². The molecular weight excluding hydrogens is 262 g/mol. The van der Waals surface area contributed by atoms with Crippen molar-refractivity contribution >= 4 is 17.7 Å². The third-order valence-electron chi connectivity index (χ3n) is 3.00. The molecule has 0 bridgehead atoms. The number of aliphatic hydroxyl groups is 1. The number of carbonyl (C=O) groups excluding carboxylic acids is 1. The number of rotatable bonds is 3. The van der Waals surface area contributed by atoms with Gasteiger partial charge >= 0.3 is 0 Å². The van der Waals surface area contributed by atoms with Crippen molar-refractivity contribution in [3.63, 3.8) is 0 Å². The van der Waals surface area contributed by atoms with Crippen molar-refractivity contribution in [2.45, 2.75) is 19.6 Å².